The van der Waals surface area contributed by atoms with Gasteiger partial charge in [-0.05, 0) is 104 Å². The van der Waals surface area contributed by atoms with Crippen LogP contribution in [0.1, 0.15) is 0 Å². The molecule has 0 radical (unpaired) electrons. The lowest BCUT2D eigenvalue weighted by atomic mass is 9.84. The monoisotopic (exact) mass is 689 g/mol. The van der Waals surface area contributed by atoms with Crippen LogP contribution in [-0.2, 0) is 0 Å². The Morgan fingerprint density at radius 3 is 1.65 bits per heavy atom. The first-order valence-electron chi connectivity index (χ1n) is 18.4. The van der Waals surface area contributed by atoms with Gasteiger partial charge in [-0.15, -0.1) is 0 Å². The van der Waals surface area contributed by atoms with Gasteiger partial charge in [-0.2, -0.15) is 0 Å². The quantitative estimate of drug-likeness (QED) is 0.166. The van der Waals surface area contributed by atoms with E-state index in [4.69, 9.17) is 4.42 Å². The highest BCUT2D eigenvalue weighted by Crippen LogP contribution is 2.46. The summed E-state index contributed by atoms with van der Waals surface area (Å²) in [5.74, 6) is 0. The Morgan fingerprint density at radius 1 is 0.296 bits per heavy atom. The Kier molecular flexibility index (Phi) is 7.85. The molecule has 54 heavy (non-hydrogen) atoms. The van der Waals surface area contributed by atoms with Crippen molar-refractivity contribution in [1.29, 1.82) is 0 Å². The van der Waals surface area contributed by atoms with Crippen molar-refractivity contribution in [3.05, 3.63) is 212 Å². The molecule has 0 N–H and O–H groups in total. The first-order valence-corrected chi connectivity index (χ1v) is 18.4. The maximum Gasteiger partial charge on any atom is 0.135 e. The van der Waals surface area contributed by atoms with Crippen molar-refractivity contribution >= 4 is 49.8 Å². The summed E-state index contributed by atoms with van der Waals surface area (Å²) >= 11 is 0. The van der Waals surface area contributed by atoms with Crippen molar-refractivity contribution in [3.63, 3.8) is 0 Å². The van der Waals surface area contributed by atoms with Crippen LogP contribution in [-0.4, -0.2) is 0 Å². The van der Waals surface area contributed by atoms with E-state index < -0.39 is 0 Å². The van der Waals surface area contributed by atoms with Crippen LogP contribution in [0.3, 0.4) is 0 Å². The molecule has 2 heteroatoms. The standard InChI is InChI=1S/C52H35NO/c1-3-16-37(17-4-1)44-23-9-10-25-48(44)52-45(38-18-5-2-6-19-38)26-14-27-46(52)40-21-13-22-41(34-40)53(42-30-29-36-15-7-8-20-39(36)33-42)43-31-32-51-49(35-43)47-24-11-12-28-50(47)54-51/h1-35H. The van der Waals surface area contributed by atoms with Crippen LogP contribution in [0.2, 0.25) is 0 Å². The van der Waals surface area contributed by atoms with Gasteiger partial charge in [-0.3, -0.25) is 0 Å². The number of benzene rings is 9. The highest BCUT2D eigenvalue weighted by Gasteiger charge is 2.20. The molecule has 0 spiro atoms. The molecule has 1 aromatic heterocycles. The molecule has 0 bridgehead atoms. The third-order valence-corrected chi connectivity index (χ3v) is 10.5. The zero-order valence-corrected chi connectivity index (χ0v) is 29.6. The van der Waals surface area contributed by atoms with Gasteiger partial charge in [-0.1, -0.05) is 164 Å². The van der Waals surface area contributed by atoms with E-state index in [1.807, 2.05) is 12.1 Å². The van der Waals surface area contributed by atoms with Gasteiger partial charge in [0.25, 0.3) is 0 Å². The summed E-state index contributed by atoms with van der Waals surface area (Å²) in [5, 5.41) is 4.62. The van der Waals surface area contributed by atoms with E-state index in [0.717, 1.165) is 44.6 Å². The summed E-state index contributed by atoms with van der Waals surface area (Å²) < 4.78 is 6.26. The summed E-state index contributed by atoms with van der Waals surface area (Å²) in [6.45, 7) is 0. The van der Waals surface area contributed by atoms with Crippen molar-refractivity contribution in [1.82, 2.24) is 0 Å². The molecule has 0 aliphatic rings. The Labute approximate surface area is 314 Å². The molecule has 0 aliphatic heterocycles. The lowest BCUT2D eigenvalue weighted by molar-refractivity contribution is 0.669. The van der Waals surface area contributed by atoms with Gasteiger partial charge in [0.1, 0.15) is 11.2 Å². The fourth-order valence-electron chi connectivity index (χ4n) is 7.94. The van der Waals surface area contributed by atoms with Gasteiger partial charge in [0, 0.05) is 27.8 Å². The molecule has 0 fully saturated rings. The molecule has 0 unspecified atom stereocenters. The molecule has 1 heterocycles. The van der Waals surface area contributed by atoms with Crippen LogP contribution in [0.4, 0.5) is 17.1 Å². The van der Waals surface area contributed by atoms with Crippen molar-refractivity contribution < 1.29 is 4.42 Å². The van der Waals surface area contributed by atoms with Crippen LogP contribution in [0.15, 0.2) is 217 Å². The summed E-state index contributed by atoms with van der Waals surface area (Å²) in [4.78, 5) is 2.37. The number of furan rings is 1. The average Bonchev–Trinajstić information content (AvgIpc) is 3.62. The van der Waals surface area contributed by atoms with Gasteiger partial charge < -0.3 is 9.32 Å². The van der Waals surface area contributed by atoms with E-state index in [1.165, 1.54) is 49.7 Å². The minimum Gasteiger partial charge on any atom is -0.456 e. The molecule has 0 atom stereocenters. The Hall–Kier alpha value is -7.16. The fourth-order valence-corrected chi connectivity index (χ4v) is 7.94. The van der Waals surface area contributed by atoms with E-state index in [-0.39, 0.29) is 0 Å². The highest BCUT2D eigenvalue weighted by atomic mass is 16.3. The van der Waals surface area contributed by atoms with Gasteiger partial charge >= 0.3 is 0 Å². The lowest BCUT2D eigenvalue weighted by Gasteiger charge is -2.27. The summed E-state index contributed by atoms with van der Waals surface area (Å²) in [6, 6.07) is 76.1. The zero-order chi connectivity index (χ0) is 35.8. The summed E-state index contributed by atoms with van der Waals surface area (Å²) in [6.07, 6.45) is 0. The molecule has 0 amide bonds. The lowest BCUT2D eigenvalue weighted by Crippen LogP contribution is -2.10. The zero-order valence-electron chi connectivity index (χ0n) is 29.6. The van der Waals surface area contributed by atoms with Crippen molar-refractivity contribution in [2.24, 2.45) is 0 Å². The number of fused-ring (bicyclic) bond motifs is 4. The second-order valence-corrected chi connectivity index (χ2v) is 13.7. The number of anilines is 3. The molecule has 10 rings (SSSR count). The van der Waals surface area contributed by atoms with Gasteiger partial charge in [-0.25, -0.2) is 0 Å². The number of hydrogen-bond acceptors (Lipinski definition) is 2. The number of para-hydroxylation sites is 1. The van der Waals surface area contributed by atoms with E-state index in [0.29, 0.717) is 0 Å². The van der Waals surface area contributed by atoms with E-state index in [1.54, 1.807) is 0 Å². The second kappa shape index (κ2) is 13.4. The van der Waals surface area contributed by atoms with Crippen LogP contribution < -0.4 is 4.90 Å². The number of hydrogen-bond donors (Lipinski definition) is 0. The topological polar surface area (TPSA) is 16.4 Å². The normalized spacial score (nSPS) is 11.3. The smallest absolute Gasteiger partial charge is 0.135 e. The molecule has 0 saturated carbocycles. The Bertz CT molecular complexity index is 2940. The maximum absolute atomic E-state index is 6.26. The minimum absolute atomic E-state index is 0.881. The first-order chi connectivity index (χ1) is 26.8. The predicted molar refractivity (Wildman–Crippen MR) is 228 cm³/mol. The van der Waals surface area contributed by atoms with Crippen LogP contribution in [0.5, 0.6) is 0 Å². The van der Waals surface area contributed by atoms with Crippen LogP contribution in [0.25, 0.3) is 77.2 Å². The van der Waals surface area contributed by atoms with Crippen LogP contribution >= 0.6 is 0 Å². The van der Waals surface area contributed by atoms with Gasteiger partial charge in [0.05, 0.1) is 0 Å². The third kappa shape index (κ3) is 5.62. The Balaban J connectivity index is 1.20. The third-order valence-electron chi connectivity index (χ3n) is 10.5. The Morgan fingerprint density at radius 2 is 0.833 bits per heavy atom. The molecule has 0 saturated heterocycles. The molecular formula is C52H35NO. The summed E-state index contributed by atoms with van der Waals surface area (Å²) in [7, 11) is 0. The highest BCUT2D eigenvalue weighted by molar-refractivity contribution is 6.07. The molecule has 254 valence electrons. The van der Waals surface area contributed by atoms with Crippen molar-refractivity contribution in [2.45, 2.75) is 0 Å². The molecule has 9 aromatic carbocycles. The first kappa shape index (κ1) is 31.6. The minimum atomic E-state index is 0.881. The SMILES string of the molecule is c1ccc(-c2ccccc2-c2c(-c3ccccc3)cccc2-c2cccc(N(c3ccc4ccccc4c3)c3ccc4oc5ccccc5c4c3)c2)cc1. The average molecular weight is 690 g/mol. The largest absolute Gasteiger partial charge is 0.456 e. The second-order valence-electron chi connectivity index (χ2n) is 13.7. The van der Waals surface area contributed by atoms with E-state index in [2.05, 4.69) is 205 Å². The van der Waals surface area contributed by atoms with E-state index >= 15 is 0 Å². The predicted octanol–water partition coefficient (Wildman–Crippen LogP) is 14.9. The van der Waals surface area contributed by atoms with Crippen molar-refractivity contribution in [3.8, 4) is 44.5 Å². The molecule has 10 aromatic rings. The number of rotatable bonds is 7. The fraction of sp³-hybridized carbons (Fsp3) is 0. The maximum atomic E-state index is 6.26. The van der Waals surface area contributed by atoms with Crippen LogP contribution in [0, 0.1) is 0 Å². The number of nitrogens with zero attached hydrogens (tertiary/aromatic N) is 1. The molecule has 2 nitrogen and oxygen atoms in total. The van der Waals surface area contributed by atoms with E-state index in [9.17, 15) is 0 Å². The summed E-state index contributed by atoms with van der Waals surface area (Å²) in [5.41, 5.74) is 14.5. The molecule has 0 aliphatic carbocycles. The van der Waals surface area contributed by atoms with Gasteiger partial charge in [0.15, 0.2) is 0 Å². The van der Waals surface area contributed by atoms with Crippen molar-refractivity contribution in [2.75, 3.05) is 4.90 Å². The van der Waals surface area contributed by atoms with Gasteiger partial charge in [0.2, 0.25) is 0 Å². The molecular weight excluding hydrogens is 655 g/mol.